The van der Waals surface area contributed by atoms with Crippen LogP contribution in [0.15, 0.2) is 23.3 Å². The Hall–Kier alpha value is -0.0438. The van der Waals surface area contributed by atoms with Crippen molar-refractivity contribution in [3.05, 3.63) is 18.9 Å². The summed E-state index contributed by atoms with van der Waals surface area (Å²) >= 11 is 0. The van der Waals surface area contributed by atoms with Gasteiger partial charge in [-0.3, -0.25) is 0 Å². The van der Waals surface area contributed by atoms with E-state index < -0.39 is 8.25 Å². The van der Waals surface area contributed by atoms with Gasteiger partial charge >= 0.3 is 29.4 Å². The Morgan fingerprint density at radius 3 is 2.00 bits per heavy atom. The van der Waals surface area contributed by atoms with E-state index in [-0.39, 0.29) is 28.5 Å². The molecule has 11 heavy (non-hydrogen) atoms. The predicted octanol–water partition coefficient (Wildman–Crippen LogP) is -2.10. The van der Waals surface area contributed by atoms with Gasteiger partial charge in [-0.05, 0) is 0 Å². The first-order chi connectivity index (χ1) is 4.23. The van der Waals surface area contributed by atoms with Crippen LogP contribution < -0.4 is 14.8 Å². The van der Waals surface area contributed by atoms with Crippen LogP contribution in [0.3, 0.4) is 0 Å². The van der Waals surface area contributed by atoms with Crippen molar-refractivity contribution in [2.45, 2.75) is 0 Å². The van der Waals surface area contributed by atoms with Crippen molar-refractivity contribution >= 4 is 31.3 Å². The third-order valence-corrected chi connectivity index (χ3v) is 0.379. The monoisotopic (exact) mass is 190 g/mol. The average Bonchev–Trinajstić information content (AvgIpc) is 2.11. The van der Waals surface area contributed by atoms with Crippen molar-refractivity contribution in [2.75, 3.05) is 0 Å². The Balaban J connectivity index is -0.000000101. The fourth-order valence-electron chi connectivity index (χ4n) is 0.196. The number of oxazole rings is 1. The third-order valence-electron chi connectivity index (χ3n) is 0.379. The molecule has 0 radical (unpaired) electrons. The molecule has 0 aliphatic rings. The van der Waals surface area contributed by atoms with E-state index in [2.05, 4.69) is 9.40 Å². The fraction of sp³-hybridized carbons (Fsp3) is 0. The molecule has 1 heterocycles. The molecule has 1 aromatic heterocycles. The number of hydrogen-bond donors (Lipinski definition) is 0. The summed E-state index contributed by atoms with van der Waals surface area (Å²) in [5, 5.41) is 0. The minimum Gasteiger partial charge on any atom is -0.870 e. The first kappa shape index (κ1) is 17.2. The molecule has 0 spiro atoms. The van der Waals surface area contributed by atoms with Gasteiger partial charge in [0, 0.05) is 0 Å². The van der Waals surface area contributed by atoms with Gasteiger partial charge in [0.25, 0.3) is 8.25 Å². The smallest absolute Gasteiger partial charge is 0.870 e. The van der Waals surface area contributed by atoms with Crippen LogP contribution in [0.5, 0.6) is 0 Å². The number of H-pyrrole nitrogens is 1. The normalized spacial score (nSPS) is 6.00. The van der Waals surface area contributed by atoms with E-state index in [9.17, 15) is 0 Å². The summed E-state index contributed by atoms with van der Waals surface area (Å²) in [6, 6.07) is 0. The molecule has 0 unspecified atom stereocenters. The second-order valence-electron chi connectivity index (χ2n) is 0.947. The Bertz CT molecular complexity index is 136. The molecular weight excluding hydrogens is 185 g/mol. The molecule has 0 aliphatic heterocycles. The number of aromatic amines is 1. The molecule has 0 amide bonds. The summed E-state index contributed by atoms with van der Waals surface area (Å²) in [4.78, 5) is 19.7. The third kappa shape index (κ3) is 25.7. The molecule has 0 saturated carbocycles. The van der Waals surface area contributed by atoms with Gasteiger partial charge in [-0.1, -0.05) is 4.57 Å². The van der Waals surface area contributed by atoms with Crippen molar-refractivity contribution < 1.29 is 29.2 Å². The Labute approximate surface area is 79.7 Å². The summed E-state index contributed by atoms with van der Waals surface area (Å²) in [7, 11) is -3.37. The maximum atomic E-state index is 8.48. The minimum absolute atomic E-state index is 0. The summed E-state index contributed by atoms with van der Waals surface area (Å²) in [5.41, 5.74) is 0. The van der Waals surface area contributed by atoms with Gasteiger partial charge < -0.3 is 19.7 Å². The van der Waals surface area contributed by atoms with E-state index >= 15 is 0 Å². The number of aromatic nitrogens is 1. The summed E-state index contributed by atoms with van der Waals surface area (Å²) in [6.07, 6.45) is 4.78. The van der Waals surface area contributed by atoms with Crippen LogP contribution in [-0.2, 0) is 4.57 Å². The maximum Gasteiger partial charge on any atom is 2.00 e. The van der Waals surface area contributed by atoms with E-state index in [0.29, 0.717) is 0 Å². The summed E-state index contributed by atoms with van der Waals surface area (Å²) in [5.74, 6) is 0. The van der Waals surface area contributed by atoms with E-state index in [0.717, 1.165) is 0 Å². The van der Waals surface area contributed by atoms with Crippen molar-refractivity contribution in [1.29, 1.82) is 0 Å². The molecule has 8 heteroatoms. The number of rotatable bonds is 0. The zero-order valence-corrected chi connectivity index (χ0v) is 7.78. The quantitative estimate of drug-likeness (QED) is 0.343. The summed E-state index contributed by atoms with van der Waals surface area (Å²) in [6.45, 7) is 0. The van der Waals surface area contributed by atoms with Crippen molar-refractivity contribution in [3.63, 3.8) is 0 Å². The molecule has 0 bridgehead atoms. The van der Waals surface area contributed by atoms with Crippen LogP contribution in [0.1, 0.15) is 0 Å². The Kier molecular flexibility index (Phi) is 19.7. The zero-order chi connectivity index (χ0) is 7.11. The molecule has 0 atom stereocenters. The number of hydrogen-bond acceptors (Lipinski definition) is 5. The molecular formula is C3H5MgNO5P+. The zero-order valence-electron chi connectivity index (χ0n) is 5.47. The topological polar surface area (TPSA) is 120 Å². The van der Waals surface area contributed by atoms with Crippen LogP contribution in [0.2, 0.25) is 0 Å². The van der Waals surface area contributed by atoms with Gasteiger partial charge in [0.1, 0.15) is 0 Å². The molecule has 0 saturated heterocycles. The largest absolute Gasteiger partial charge is 2.00 e. The van der Waals surface area contributed by atoms with Gasteiger partial charge in [-0.25, -0.2) is 0 Å². The maximum absolute atomic E-state index is 8.48. The van der Waals surface area contributed by atoms with Crippen molar-refractivity contribution in [2.24, 2.45) is 0 Å². The van der Waals surface area contributed by atoms with E-state index in [1.807, 2.05) is 0 Å². The van der Waals surface area contributed by atoms with Gasteiger partial charge in [0.2, 0.25) is 6.20 Å². The van der Waals surface area contributed by atoms with Gasteiger partial charge in [-0.15, -0.1) is 0 Å². The minimum atomic E-state index is -3.37. The van der Waals surface area contributed by atoms with Crippen molar-refractivity contribution in [3.8, 4) is 0 Å². The molecule has 6 nitrogen and oxygen atoms in total. The summed E-state index contributed by atoms with van der Waals surface area (Å²) < 4.78 is 13.0. The Morgan fingerprint density at radius 2 is 1.91 bits per heavy atom. The molecule has 1 aromatic rings. The van der Waals surface area contributed by atoms with Gasteiger partial charge in [0.15, 0.2) is 6.26 Å². The number of nitrogens with one attached hydrogen (secondary N) is 1. The first-order valence-electron chi connectivity index (χ1n) is 1.93. The van der Waals surface area contributed by atoms with Crippen LogP contribution in [0.4, 0.5) is 0 Å². The van der Waals surface area contributed by atoms with E-state index in [4.69, 9.17) is 14.4 Å². The second kappa shape index (κ2) is 12.6. The molecule has 1 rings (SSSR count). The second-order valence-corrected chi connectivity index (χ2v) is 1.39. The van der Waals surface area contributed by atoms with Crippen LogP contribution >= 0.6 is 8.25 Å². The molecule has 2 N–H and O–H groups in total. The van der Waals surface area contributed by atoms with Crippen LogP contribution in [0.25, 0.3) is 0 Å². The first-order valence-corrected chi connectivity index (χ1v) is 3.03. The standard InChI is InChI=1S/C3H3NO.Mg.HO3P.H2O/c1-2-5-3-4-1;;1-4(2)3;/h1-3H;;(H,1,2,3);1H2/q;+2;;/p-1. The van der Waals surface area contributed by atoms with E-state index in [1.54, 1.807) is 12.5 Å². The fourth-order valence-corrected chi connectivity index (χ4v) is 0.196. The van der Waals surface area contributed by atoms with Crippen LogP contribution in [0, 0.1) is 0 Å². The van der Waals surface area contributed by atoms with Gasteiger partial charge in [0.05, 0.1) is 0 Å². The van der Waals surface area contributed by atoms with Gasteiger partial charge in [-0.2, -0.15) is 4.98 Å². The molecule has 0 aromatic carbocycles. The predicted molar refractivity (Wildman–Crippen MR) is 30.6 cm³/mol. The molecule has 0 aliphatic carbocycles. The van der Waals surface area contributed by atoms with Crippen molar-refractivity contribution in [1.82, 2.24) is 0 Å². The SMILES string of the molecule is O=[P+]([O-])[O-].[Mg+2].[OH-].c1coc[nH+]1. The average molecular weight is 190 g/mol. The van der Waals surface area contributed by atoms with Crippen LogP contribution in [-0.4, -0.2) is 28.5 Å². The Morgan fingerprint density at radius 1 is 1.45 bits per heavy atom. The molecule has 0 fully saturated rings. The van der Waals surface area contributed by atoms with E-state index in [1.165, 1.54) is 6.39 Å². The molecule has 58 valence electrons.